The fourth-order valence-electron chi connectivity index (χ4n) is 3.26. The molecule has 132 valence electrons. The fraction of sp³-hybridized carbons (Fsp3) is 0.316. The van der Waals surface area contributed by atoms with E-state index in [1.807, 2.05) is 0 Å². The number of aryl methyl sites for hydroxylation is 1. The Bertz CT molecular complexity index is 907. The van der Waals surface area contributed by atoms with E-state index in [0.717, 1.165) is 30.2 Å². The predicted molar refractivity (Wildman–Crippen MR) is 93.7 cm³/mol. The molecule has 0 aliphatic carbocycles. The summed E-state index contributed by atoms with van der Waals surface area (Å²) in [6.07, 6.45) is 2.80. The van der Waals surface area contributed by atoms with Gasteiger partial charge in [-0.15, -0.1) is 0 Å². The van der Waals surface area contributed by atoms with Crippen molar-refractivity contribution in [1.82, 2.24) is 4.90 Å². The summed E-state index contributed by atoms with van der Waals surface area (Å²) in [6, 6.07) is 10.7. The number of likely N-dealkylation sites (tertiary alicyclic amines) is 1. The van der Waals surface area contributed by atoms with Crippen LogP contribution in [0.25, 0.3) is 0 Å². The summed E-state index contributed by atoms with van der Waals surface area (Å²) in [5, 5.41) is 0. The molecule has 1 aliphatic rings. The highest BCUT2D eigenvalue weighted by Gasteiger charge is 2.31. The minimum atomic E-state index is -3.38. The molecule has 0 radical (unpaired) electrons. The van der Waals surface area contributed by atoms with E-state index in [1.165, 1.54) is 24.3 Å². The Kier molecular flexibility index (Phi) is 4.64. The molecule has 25 heavy (non-hydrogen) atoms. The van der Waals surface area contributed by atoms with Crippen LogP contribution in [0.15, 0.2) is 47.4 Å². The maximum absolute atomic E-state index is 13.2. The smallest absolute Gasteiger partial charge is 0.254 e. The Balaban J connectivity index is 1.96. The average Bonchev–Trinajstić information content (AvgIpc) is 3.04. The van der Waals surface area contributed by atoms with E-state index in [0.29, 0.717) is 12.1 Å². The summed E-state index contributed by atoms with van der Waals surface area (Å²) >= 11 is 0. The van der Waals surface area contributed by atoms with Crippen LogP contribution in [0.5, 0.6) is 0 Å². The zero-order valence-electron chi connectivity index (χ0n) is 14.2. The fourth-order valence-corrected chi connectivity index (χ4v) is 3.91. The van der Waals surface area contributed by atoms with Crippen molar-refractivity contribution >= 4 is 15.7 Å². The lowest BCUT2D eigenvalue weighted by Gasteiger charge is -2.26. The molecule has 2 aromatic rings. The van der Waals surface area contributed by atoms with Gasteiger partial charge in [-0.3, -0.25) is 4.79 Å². The number of hydrogen-bond donors (Lipinski definition) is 0. The molecule has 1 saturated heterocycles. The average molecular weight is 361 g/mol. The summed E-state index contributed by atoms with van der Waals surface area (Å²) in [4.78, 5) is 14.9. The Morgan fingerprint density at radius 1 is 1.16 bits per heavy atom. The maximum Gasteiger partial charge on any atom is 0.254 e. The molecule has 2 aromatic carbocycles. The topological polar surface area (TPSA) is 54.5 Å². The first kappa shape index (κ1) is 17.6. The third kappa shape index (κ3) is 3.58. The Hall–Kier alpha value is -2.21. The highest BCUT2D eigenvalue weighted by Crippen LogP contribution is 2.34. The number of rotatable bonds is 3. The molecule has 4 nitrogen and oxygen atoms in total. The molecule has 0 unspecified atom stereocenters. The number of carbonyl (C=O) groups excluding carboxylic acids is 1. The van der Waals surface area contributed by atoms with E-state index in [1.54, 1.807) is 30.0 Å². The lowest BCUT2D eigenvalue weighted by atomic mass is 10.0. The van der Waals surface area contributed by atoms with Crippen LogP contribution >= 0.6 is 0 Å². The summed E-state index contributed by atoms with van der Waals surface area (Å²) in [5.41, 5.74) is 2.03. The van der Waals surface area contributed by atoms with Crippen molar-refractivity contribution in [2.24, 2.45) is 0 Å². The zero-order chi connectivity index (χ0) is 18.2. The molecule has 0 bridgehead atoms. The molecule has 0 N–H and O–H groups in total. The summed E-state index contributed by atoms with van der Waals surface area (Å²) in [6.45, 7) is 2.39. The van der Waals surface area contributed by atoms with Crippen molar-refractivity contribution < 1.29 is 17.6 Å². The first-order chi connectivity index (χ1) is 11.8. The normalized spacial score (nSPS) is 17.7. The van der Waals surface area contributed by atoms with Crippen LogP contribution in [-0.2, 0) is 9.84 Å². The zero-order valence-corrected chi connectivity index (χ0v) is 15.0. The van der Waals surface area contributed by atoms with E-state index in [9.17, 15) is 17.6 Å². The minimum Gasteiger partial charge on any atom is -0.332 e. The van der Waals surface area contributed by atoms with Crippen LogP contribution in [0.4, 0.5) is 4.39 Å². The van der Waals surface area contributed by atoms with Gasteiger partial charge in [0, 0.05) is 18.4 Å². The molecule has 1 amide bonds. The van der Waals surface area contributed by atoms with Crippen LogP contribution in [0.2, 0.25) is 0 Å². The minimum absolute atomic E-state index is 0.116. The van der Waals surface area contributed by atoms with Crippen LogP contribution in [0.1, 0.15) is 40.4 Å². The van der Waals surface area contributed by atoms with E-state index >= 15 is 0 Å². The second-order valence-electron chi connectivity index (χ2n) is 6.46. The molecule has 0 aromatic heterocycles. The summed E-state index contributed by atoms with van der Waals surface area (Å²) in [5.74, 6) is -0.494. The predicted octanol–water partition coefficient (Wildman–Crippen LogP) is 3.51. The highest BCUT2D eigenvalue weighted by molar-refractivity contribution is 7.90. The standard InChI is InChI=1S/C19H20FNO3S/c1-13-5-10-16(25(2,23)24)12-17(13)19(22)21-11-3-4-18(21)14-6-8-15(20)9-7-14/h5-10,12,18H,3-4,11H2,1-2H3/t18-/m1/s1. The number of amides is 1. The Morgan fingerprint density at radius 3 is 2.48 bits per heavy atom. The van der Waals surface area contributed by atoms with Crippen molar-refractivity contribution in [3.63, 3.8) is 0 Å². The first-order valence-electron chi connectivity index (χ1n) is 8.14. The van der Waals surface area contributed by atoms with Gasteiger partial charge in [0.05, 0.1) is 10.9 Å². The van der Waals surface area contributed by atoms with E-state index < -0.39 is 9.84 Å². The van der Waals surface area contributed by atoms with Gasteiger partial charge in [0.1, 0.15) is 5.82 Å². The number of nitrogens with zero attached hydrogens (tertiary/aromatic N) is 1. The third-order valence-electron chi connectivity index (χ3n) is 4.64. The van der Waals surface area contributed by atoms with Gasteiger partial charge in [-0.05, 0) is 55.2 Å². The molecule has 1 aliphatic heterocycles. The Labute approximate surface area is 147 Å². The number of carbonyl (C=O) groups is 1. The van der Waals surface area contributed by atoms with E-state index in [2.05, 4.69) is 0 Å². The highest BCUT2D eigenvalue weighted by atomic mass is 32.2. The summed E-state index contributed by atoms with van der Waals surface area (Å²) < 4.78 is 36.8. The molecular formula is C19H20FNO3S. The second-order valence-corrected chi connectivity index (χ2v) is 8.47. The largest absolute Gasteiger partial charge is 0.332 e. The Morgan fingerprint density at radius 2 is 1.84 bits per heavy atom. The number of halogens is 1. The molecule has 0 saturated carbocycles. The molecular weight excluding hydrogens is 341 g/mol. The molecule has 6 heteroatoms. The van der Waals surface area contributed by atoms with Crippen LogP contribution in [-0.4, -0.2) is 32.0 Å². The van der Waals surface area contributed by atoms with Gasteiger partial charge in [0.2, 0.25) is 0 Å². The number of hydrogen-bond acceptors (Lipinski definition) is 3. The SMILES string of the molecule is Cc1ccc(S(C)(=O)=O)cc1C(=O)N1CCC[C@@H]1c1ccc(F)cc1. The quantitative estimate of drug-likeness (QED) is 0.841. The van der Waals surface area contributed by atoms with Crippen LogP contribution in [0.3, 0.4) is 0 Å². The molecule has 3 rings (SSSR count). The number of benzene rings is 2. The van der Waals surface area contributed by atoms with Crippen molar-refractivity contribution in [2.45, 2.75) is 30.7 Å². The van der Waals surface area contributed by atoms with Gasteiger partial charge < -0.3 is 4.90 Å². The lowest BCUT2D eigenvalue weighted by molar-refractivity contribution is 0.0734. The second kappa shape index (κ2) is 6.59. The van der Waals surface area contributed by atoms with E-state index in [4.69, 9.17) is 0 Å². The first-order valence-corrected chi connectivity index (χ1v) is 10.0. The van der Waals surface area contributed by atoms with Gasteiger partial charge in [0.15, 0.2) is 9.84 Å². The van der Waals surface area contributed by atoms with Crippen molar-refractivity contribution in [3.8, 4) is 0 Å². The van der Waals surface area contributed by atoms with Crippen LogP contribution in [0, 0.1) is 12.7 Å². The van der Waals surface area contributed by atoms with Gasteiger partial charge in [0.25, 0.3) is 5.91 Å². The van der Waals surface area contributed by atoms with Gasteiger partial charge >= 0.3 is 0 Å². The van der Waals surface area contributed by atoms with Crippen LogP contribution < -0.4 is 0 Å². The maximum atomic E-state index is 13.2. The molecule has 1 atom stereocenters. The van der Waals surface area contributed by atoms with E-state index in [-0.39, 0.29) is 22.7 Å². The lowest BCUT2D eigenvalue weighted by Crippen LogP contribution is -2.31. The van der Waals surface area contributed by atoms with Crippen molar-refractivity contribution in [3.05, 3.63) is 65.0 Å². The van der Waals surface area contributed by atoms with Gasteiger partial charge in [-0.1, -0.05) is 18.2 Å². The van der Waals surface area contributed by atoms with Gasteiger partial charge in [-0.25, -0.2) is 12.8 Å². The van der Waals surface area contributed by atoms with Gasteiger partial charge in [-0.2, -0.15) is 0 Å². The van der Waals surface area contributed by atoms with Crippen molar-refractivity contribution in [1.29, 1.82) is 0 Å². The van der Waals surface area contributed by atoms with Crippen molar-refractivity contribution in [2.75, 3.05) is 12.8 Å². The molecule has 1 fully saturated rings. The number of sulfone groups is 1. The monoisotopic (exact) mass is 361 g/mol. The summed E-state index contributed by atoms with van der Waals surface area (Å²) in [7, 11) is -3.38. The molecule has 0 spiro atoms. The molecule has 1 heterocycles. The third-order valence-corrected chi connectivity index (χ3v) is 5.75.